The van der Waals surface area contributed by atoms with Gasteiger partial charge in [-0.25, -0.2) is 0 Å². The largest absolute Gasteiger partial charge is 0.359 e. The summed E-state index contributed by atoms with van der Waals surface area (Å²) >= 11 is 8.10. The summed E-state index contributed by atoms with van der Waals surface area (Å²) in [5.74, 6) is 0.264. The molecule has 0 spiro atoms. The summed E-state index contributed by atoms with van der Waals surface area (Å²) in [6, 6.07) is 8.50. The molecule has 0 fully saturated rings. The van der Waals surface area contributed by atoms with Crippen molar-refractivity contribution in [1.82, 2.24) is 5.32 Å². The van der Waals surface area contributed by atoms with Crippen LogP contribution in [0.3, 0.4) is 0 Å². The number of carbonyl (C=O) groups excluding carboxylic acids is 1. The van der Waals surface area contributed by atoms with Crippen molar-refractivity contribution in [2.24, 2.45) is 0 Å². The van der Waals surface area contributed by atoms with Crippen LogP contribution in [0.4, 0.5) is 0 Å². The normalized spacial score (nSPS) is 11.4. The van der Waals surface area contributed by atoms with E-state index in [0.29, 0.717) is 6.54 Å². The smallest absolute Gasteiger partial charge is 0.207 e. The Kier molecular flexibility index (Phi) is 8.35. The van der Waals surface area contributed by atoms with E-state index in [4.69, 9.17) is 11.6 Å². The Bertz CT molecular complexity index is 636. The van der Waals surface area contributed by atoms with E-state index >= 15 is 0 Å². The molecule has 0 aliphatic heterocycles. The number of amides is 1. The van der Waals surface area contributed by atoms with Crippen molar-refractivity contribution >= 4 is 29.3 Å². The lowest BCUT2D eigenvalue weighted by molar-refractivity contribution is -0.109. The molecule has 2 rings (SSSR count). The van der Waals surface area contributed by atoms with E-state index in [1.165, 1.54) is 20.9 Å². The van der Waals surface area contributed by atoms with Crippen molar-refractivity contribution in [3.05, 3.63) is 55.7 Å². The highest BCUT2D eigenvalue weighted by Crippen LogP contribution is 2.35. The second-order valence-corrected chi connectivity index (χ2v) is 7.16. The molecule has 1 N–H and O–H groups in total. The van der Waals surface area contributed by atoms with Crippen molar-refractivity contribution in [2.75, 3.05) is 6.54 Å². The molecule has 2 aromatic rings. The number of halogens is 1. The maximum Gasteiger partial charge on any atom is 0.207 e. The lowest BCUT2D eigenvalue weighted by Gasteiger charge is -2.18. The van der Waals surface area contributed by atoms with Crippen LogP contribution >= 0.6 is 22.9 Å². The highest BCUT2D eigenvalue weighted by Gasteiger charge is 2.18. The van der Waals surface area contributed by atoms with Crippen molar-refractivity contribution in [3.63, 3.8) is 0 Å². The van der Waals surface area contributed by atoms with Gasteiger partial charge in [-0.1, -0.05) is 37.6 Å². The van der Waals surface area contributed by atoms with Crippen LogP contribution in [-0.2, 0) is 4.79 Å². The molecule has 126 valence electrons. The maximum absolute atomic E-state index is 10.5. The Hall–Kier alpha value is -1.32. The van der Waals surface area contributed by atoms with Crippen molar-refractivity contribution < 1.29 is 4.79 Å². The molecule has 0 aliphatic rings. The predicted octanol–water partition coefficient (Wildman–Crippen LogP) is 5.62. The maximum atomic E-state index is 10.5. The van der Waals surface area contributed by atoms with Gasteiger partial charge in [-0.05, 0) is 56.0 Å². The predicted molar refractivity (Wildman–Crippen MR) is 102 cm³/mol. The van der Waals surface area contributed by atoms with Crippen molar-refractivity contribution in [1.29, 1.82) is 0 Å². The zero-order valence-electron chi connectivity index (χ0n) is 14.6. The van der Waals surface area contributed by atoms with Gasteiger partial charge in [0.2, 0.25) is 6.41 Å². The third-order valence-corrected chi connectivity index (χ3v) is 5.10. The highest BCUT2D eigenvalue weighted by molar-refractivity contribution is 7.12. The minimum atomic E-state index is 0.264. The van der Waals surface area contributed by atoms with Crippen molar-refractivity contribution in [2.45, 2.75) is 47.0 Å². The number of aryl methyl sites for hydroxylation is 3. The molecular weight excluding hydrogens is 326 g/mol. The average Bonchev–Trinajstić information content (AvgIpc) is 2.87. The van der Waals surface area contributed by atoms with Crippen LogP contribution in [0.5, 0.6) is 0 Å². The number of benzene rings is 1. The highest BCUT2D eigenvalue weighted by atomic mass is 35.5. The molecule has 1 heterocycles. The summed E-state index contributed by atoms with van der Waals surface area (Å²) in [6.45, 7) is 11.0. The fraction of sp³-hybridized carbons (Fsp3) is 0.421. The quantitative estimate of drug-likeness (QED) is 0.531. The number of nitrogens with one attached hydrogen (secondary N) is 1. The monoisotopic (exact) mass is 351 g/mol. The molecule has 1 amide bonds. The zero-order chi connectivity index (χ0) is 17.4. The molecule has 0 aliphatic carbocycles. The first-order chi connectivity index (χ1) is 11.0. The third-order valence-electron chi connectivity index (χ3n) is 3.71. The average molecular weight is 352 g/mol. The van der Waals surface area contributed by atoms with Gasteiger partial charge in [-0.15, -0.1) is 11.3 Å². The summed E-state index contributed by atoms with van der Waals surface area (Å²) < 4.78 is 0. The molecule has 0 bridgehead atoms. The van der Waals surface area contributed by atoms with Crippen LogP contribution in [0.2, 0.25) is 5.02 Å². The van der Waals surface area contributed by atoms with Gasteiger partial charge in [0.15, 0.2) is 0 Å². The fourth-order valence-electron chi connectivity index (χ4n) is 2.61. The SMILES string of the molecule is CC.Cc1cc(C(CCNC=O)c2ccc(C)c(Cl)c2)c(C)s1. The van der Waals surface area contributed by atoms with E-state index in [-0.39, 0.29) is 5.92 Å². The Morgan fingerprint density at radius 3 is 2.43 bits per heavy atom. The first-order valence-corrected chi connectivity index (χ1v) is 9.22. The van der Waals surface area contributed by atoms with Gasteiger partial charge in [-0.3, -0.25) is 4.79 Å². The van der Waals surface area contributed by atoms with Gasteiger partial charge in [-0.2, -0.15) is 0 Å². The summed E-state index contributed by atoms with van der Waals surface area (Å²) in [7, 11) is 0. The van der Waals surface area contributed by atoms with E-state index in [9.17, 15) is 4.79 Å². The number of hydrogen-bond acceptors (Lipinski definition) is 2. The van der Waals surface area contributed by atoms with E-state index < -0.39 is 0 Å². The Balaban J connectivity index is 0.00000127. The summed E-state index contributed by atoms with van der Waals surface area (Å²) in [5.41, 5.74) is 3.63. The molecule has 23 heavy (non-hydrogen) atoms. The molecule has 4 heteroatoms. The molecule has 0 saturated carbocycles. The first kappa shape index (κ1) is 19.7. The topological polar surface area (TPSA) is 29.1 Å². The second-order valence-electron chi connectivity index (χ2n) is 5.29. The lowest BCUT2D eigenvalue weighted by atomic mass is 9.88. The second kappa shape index (κ2) is 9.74. The number of carbonyl (C=O) groups is 1. The Labute approximate surface area is 148 Å². The molecular formula is C19H26ClNOS. The van der Waals surface area contributed by atoms with E-state index in [1.807, 2.05) is 32.1 Å². The molecule has 0 radical (unpaired) electrons. The summed E-state index contributed by atoms with van der Waals surface area (Å²) in [6.07, 6.45) is 1.63. The molecule has 1 unspecified atom stereocenters. The van der Waals surface area contributed by atoms with Crippen LogP contribution in [0.1, 0.15) is 52.6 Å². The van der Waals surface area contributed by atoms with Crippen LogP contribution in [-0.4, -0.2) is 13.0 Å². The molecule has 0 saturated heterocycles. The fourth-order valence-corrected chi connectivity index (χ4v) is 3.79. The van der Waals surface area contributed by atoms with Gasteiger partial charge >= 0.3 is 0 Å². The number of rotatable bonds is 6. The van der Waals surface area contributed by atoms with Crippen LogP contribution < -0.4 is 5.32 Å². The third kappa shape index (κ3) is 5.36. The van der Waals surface area contributed by atoms with Gasteiger partial charge in [0.1, 0.15) is 0 Å². The van der Waals surface area contributed by atoms with E-state index in [1.54, 1.807) is 0 Å². The van der Waals surface area contributed by atoms with Crippen LogP contribution in [0.15, 0.2) is 24.3 Å². The Morgan fingerprint density at radius 2 is 1.91 bits per heavy atom. The van der Waals surface area contributed by atoms with Gasteiger partial charge < -0.3 is 5.32 Å². The van der Waals surface area contributed by atoms with E-state index in [2.05, 4.69) is 43.4 Å². The minimum Gasteiger partial charge on any atom is -0.359 e. The molecule has 1 atom stereocenters. The lowest BCUT2D eigenvalue weighted by Crippen LogP contribution is -2.16. The number of thiophene rings is 1. The first-order valence-electron chi connectivity index (χ1n) is 8.03. The molecule has 2 nitrogen and oxygen atoms in total. The van der Waals surface area contributed by atoms with Gasteiger partial charge in [0.05, 0.1) is 0 Å². The van der Waals surface area contributed by atoms with Crippen molar-refractivity contribution in [3.8, 4) is 0 Å². The van der Waals surface area contributed by atoms with Crippen LogP contribution in [0.25, 0.3) is 0 Å². The molecule has 1 aromatic carbocycles. The minimum absolute atomic E-state index is 0.264. The van der Waals surface area contributed by atoms with Gasteiger partial charge in [0, 0.05) is 27.2 Å². The summed E-state index contributed by atoms with van der Waals surface area (Å²) in [5, 5.41) is 3.56. The van der Waals surface area contributed by atoms with Crippen LogP contribution in [0, 0.1) is 20.8 Å². The summed E-state index contributed by atoms with van der Waals surface area (Å²) in [4.78, 5) is 13.1. The zero-order valence-corrected chi connectivity index (χ0v) is 16.1. The van der Waals surface area contributed by atoms with Gasteiger partial charge in [0.25, 0.3) is 0 Å². The Morgan fingerprint density at radius 1 is 1.22 bits per heavy atom. The van der Waals surface area contributed by atoms with E-state index in [0.717, 1.165) is 23.4 Å². The number of hydrogen-bond donors (Lipinski definition) is 1. The molecule has 1 aromatic heterocycles. The standard InChI is InChI=1S/C17H20ClNOS.C2H6/c1-11-4-5-14(9-17(11)18)15(6-7-19-10-20)16-8-12(2)21-13(16)3;1-2/h4-5,8-10,15H,6-7H2,1-3H3,(H,19,20);1-2H3.